The number of nitrogens with zero attached hydrogens (tertiary/aromatic N) is 1. The monoisotopic (exact) mass is 531 g/mol. The Kier molecular flexibility index (Phi) is 8.18. The fraction of sp³-hybridized carbons (Fsp3) is 0.280. The molecule has 0 radical (unpaired) electrons. The van der Waals surface area contributed by atoms with Gasteiger partial charge in [0.05, 0.1) is 26.0 Å². The fourth-order valence-electron chi connectivity index (χ4n) is 4.34. The van der Waals surface area contributed by atoms with E-state index in [4.69, 9.17) is 23.2 Å². The van der Waals surface area contributed by atoms with Crippen molar-refractivity contribution in [2.24, 2.45) is 5.92 Å². The van der Waals surface area contributed by atoms with Crippen LogP contribution in [0.3, 0.4) is 0 Å². The van der Waals surface area contributed by atoms with Crippen molar-refractivity contribution in [2.75, 3.05) is 13.1 Å². The number of amides is 1. The molecule has 3 N–H and O–H groups in total. The number of carbonyl (C=O) groups is 3. The van der Waals surface area contributed by atoms with Crippen molar-refractivity contribution in [3.05, 3.63) is 85.8 Å². The Hall–Kier alpha value is -2.78. The molecule has 4 rings (SSSR count). The third-order valence-corrected chi connectivity index (χ3v) is 7.55. The molecule has 1 amide bonds. The van der Waals surface area contributed by atoms with Crippen molar-refractivity contribution in [3.63, 3.8) is 0 Å². The molecule has 182 valence electrons. The Morgan fingerprint density at radius 2 is 1.86 bits per heavy atom. The minimum atomic E-state index is -1.17. The van der Waals surface area contributed by atoms with Crippen molar-refractivity contribution in [1.82, 2.24) is 15.6 Å². The number of carboxylic acid groups (broad SMARTS) is 1. The minimum Gasteiger partial charge on any atom is -0.480 e. The molecular formula is C25H23Cl2N3O4S. The summed E-state index contributed by atoms with van der Waals surface area (Å²) in [5.74, 6) is -1.87. The lowest BCUT2D eigenvalue weighted by Gasteiger charge is -2.31. The minimum absolute atomic E-state index is 0.0417. The SMILES string of the molecule is O=C(N[C@@H](Cc1ccc(C2CCNCC2C(=O)c2cncs2)cc1)C(=O)O)c1c(Cl)cccc1Cl. The highest BCUT2D eigenvalue weighted by Crippen LogP contribution is 2.33. The standard InChI is InChI=1S/C25H23Cl2N3O4S/c26-18-2-1-3-19(27)22(18)24(32)30-20(25(33)34)10-14-4-6-15(7-5-14)16-8-9-28-11-17(16)23(31)21-12-29-13-35-21/h1-7,12-13,16-17,20,28H,8-11H2,(H,30,32)(H,33,34)/t16?,17?,20-/m0/s1. The Labute approximate surface area is 216 Å². The third kappa shape index (κ3) is 5.90. The van der Waals surface area contributed by atoms with Crippen LogP contribution in [0.15, 0.2) is 54.2 Å². The predicted molar refractivity (Wildman–Crippen MR) is 136 cm³/mol. The second-order valence-electron chi connectivity index (χ2n) is 8.34. The number of Topliss-reactive ketones (excluding diaryl/α,β-unsaturated/α-hetero) is 1. The number of carbonyl (C=O) groups excluding carboxylic acids is 2. The summed E-state index contributed by atoms with van der Waals surface area (Å²) < 4.78 is 0. The van der Waals surface area contributed by atoms with E-state index in [9.17, 15) is 19.5 Å². The summed E-state index contributed by atoms with van der Waals surface area (Å²) in [6.07, 6.45) is 2.51. The van der Waals surface area contributed by atoms with Crippen LogP contribution in [0.2, 0.25) is 10.0 Å². The molecule has 1 aliphatic heterocycles. The first-order valence-electron chi connectivity index (χ1n) is 11.0. The van der Waals surface area contributed by atoms with Gasteiger partial charge in [-0.3, -0.25) is 14.6 Å². The average Bonchev–Trinajstić information content (AvgIpc) is 3.39. The van der Waals surface area contributed by atoms with Gasteiger partial charge in [-0.2, -0.15) is 0 Å². The van der Waals surface area contributed by atoms with Gasteiger partial charge in [-0.25, -0.2) is 4.79 Å². The lowest BCUT2D eigenvalue weighted by atomic mass is 9.78. The van der Waals surface area contributed by atoms with Crippen LogP contribution in [0.4, 0.5) is 0 Å². The highest BCUT2D eigenvalue weighted by atomic mass is 35.5. The van der Waals surface area contributed by atoms with Crippen molar-refractivity contribution < 1.29 is 19.5 Å². The molecule has 1 aliphatic rings. The molecule has 0 aliphatic carbocycles. The van der Waals surface area contributed by atoms with Crippen LogP contribution in [0.1, 0.15) is 43.5 Å². The first kappa shape index (κ1) is 25.3. The predicted octanol–water partition coefficient (Wildman–Crippen LogP) is 4.45. The number of carboxylic acids is 1. The summed E-state index contributed by atoms with van der Waals surface area (Å²) in [4.78, 5) is 42.2. The van der Waals surface area contributed by atoms with Gasteiger partial charge in [0.2, 0.25) is 0 Å². The van der Waals surface area contributed by atoms with Crippen LogP contribution in [-0.2, 0) is 11.2 Å². The zero-order valence-corrected chi connectivity index (χ0v) is 20.9. The van der Waals surface area contributed by atoms with Crippen LogP contribution < -0.4 is 10.6 Å². The molecule has 0 bridgehead atoms. The van der Waals surface area contributed by atoms with Crippen LogP contribution in [0, 0.1) is 5.92 Å². The Bertz CT molecular complexity index is 1200. The molecule has 35 heavy (non-hydrogen) atoms. The van der Waals surface area contributed by atoms with Crippen LogP contribution in [0.25, 0.3) is 0 Å². The summed E-state index contributed by atoms with van der Waals surface area (Å²) in [5, 5.41) is 15.8. The quantitative estimate of drug-likeness (QED) is 0.370. The molecule has 2 unspecified atom stereocenters. The molecule has 2 aromatic carbocycles. The summed E-state index contributed by atoms with van der Waals surface area (Å²) >= 11 is 13.5. The summed E-state index contributed by atoms with van der Waals surface area (Å²) in [7, 11) is 0. The van der Waals surface area contributed by atoms with Crippen LogP contribution in [0.5, 0.6) is 0 Å². The van der Waals surface area contributed by atoms with Gasteiger partial charge >= 0.3 is 5.97 Å². The number of ketones is 1. The number of halogens is 2. The summed E-state index contributed by atoms with van der Waals surface area (Å²) in [6, 6.07) is 11.0. The molecule has 1 aromatic heterocycles. The molecule has 7 nitrogen and oxygen atoms in total. The largest absolute Gasteiger partial charge is 0.480 e. The van der Waals surface area contributed by atoms with E-state index in [1.165, 1.54) is 23.5 Å². The van der Waals surface area contributed by atoms with E-state index in [1.807, 2.05) is 24.3 Å². The van der Waals surface area contributed by atoms with Gasteiger partial charge in [0, 0.05) is 25.1 Å². The van der Waals surface area contributed by atoms with E-state index in [2.05, 4.69) is 15.6 Å². The normalized spacial score (nSPS) is 18.6. The number of thiazole rings is 1. The van der Waals surface area contributed by atoms with Gasteiger partial charge < -0.3 is 15.7 Å². The second-order valence-corrected chi connectivity index (χ2v) is 10.0. The number of benzene rings is 2. The number of hydrogen-bond donors (Lipinski definition) is 3. The molecule has 0 spiro atoms. The highest BCUT2D eigenvalue weighted by molar-refractivity contribution is 7.11. The van der Waals surface area contributed by atoms with Gasteiger partial charge in [0.15, 0.2) is 5.78 Å². The average molecular weight is 532 g/mol. The van der Waals surface area contributed by atoms with Gasteiger partial charge in [-0.15, -0.1) is 11.3 Å². The van der Waals surface area contributed by atoms with E-state index in [0.29, 0.717) is 11.4 Å². The molecule has 3 atom stereocenters. The number of hydrogen-bond acceptors (Lipinski definition) is 6. The van der Waals surface area contributed by atoms with Gasteiger partial charge in [-0.05, 0) is 42.1 Å². The van der Waals surface area contributed by atoms with E-state index in [-0.39, 0.29) is 39.6 Å². The lowest BCUT2D eigenvalue weighted by Crippen LogP contribution is -2.42. The maximum absolute atomic E-state index is 13.0. The third-order valence-electron chi connectivity index (χ3n) is 6.13. The van der Waals surface area contributed by atoms with Crippen LogP contribution in [-0.4, -0.2) is 46.9 Å². The van der Waals surface area contributed by atoms with Gasteiger partial charge in [-0.1, -0.05) is 53.5 Å². The molecule has 10 heteroatoms. The smallest absolute Gasteiger partial charge is 0.326 e. The molecule has 1 fully saturated rings. The van der Waals surface area contributed by atoms with E-state index < -0.39 is 17.9 Å². The zero-order chi connectivity index (χ0) is 24.9. The maximum Gasteiger partial charge on any atom is 0.326 e. The first-order valence-corrected chi connectivity index (χ1v) is 12.7. The second kappa shape index (κ2) is 11.3. The molecular weight excluding hydrogens is 509 g/mol. The number of nitrogens with one attached hydrogen (secondary N) is 2. The highest BCUT2D eigenvalue weighted by Gasteiger charge is 2.33. The number of piperidine rings is 1. The lowest BCUT2D eigenvalue weighted by molar-refractivity contribution is -0.139. The van der Waals surface area contributed by atoms with E-state index in [0.717, 1.165) is 24.1 Å². The van der Waals surface area contributed by atoms with Gasteiger partial charge in [0.1, 0.15) is 6.04 Å². The Balaban J connectivity index is 1.47. The first-order chi connectivity index (χ1) is 16.8. The van der Waals surface area contributed by atoms with Gasteiger partial charge in [0.25, 0.3) is 5.91 Å². The molecule has 0 saturated carbocycles. The molecule has 2 heterocycles. The topological polar surface area (TPSA) is 108 Å². The van der Waals surface area contributed by atoms with Crippen molar-refractivity contribution >= 4 is 52.2 Å². The number of aliphatic carboxylic acids is 1. The number of rotatable bonds is 8. The Morgan fingerprint density at radius 3 is 2.49 bits per heavy atom. The Morgan fingerprint density at radius 1 is 1.14 bits per heavy atom. The van der Waals surface area contributed by atoms with Crippen molar-refractivity contribution in [2.45, 2.75) is 24.8 Å². The van der Waals surface area contributed by atoms with Crippen LogP contribution >= 0.6 is 34.5 Å². The van der Waals surface area contributed by atoms with E-state index in [1.54, 1.807) is 17.8 Å². The van der Waals surface area contributed by atoms with Crippen molar-refractivity contribution in [3.8, 4) is 0 Å². The number of aromatic nitrogens is 1. The molecule has 3 aromatic rings. The van der Waals surface area contributed by atoms with E-state index >= 15 is 0 Å². The maximum atomic E-state index is 13.0. The molecule has 1 saturated heterocycles. The summed E-state index contributed by atoms with van der Waals surface area (Å²) in [5.41, 5.74) is 3.47. The fourth-order valence-corrected chi connectivity index (χ4v) is 5.53. The zero-order valence-electron chi connectivity index (χ0n) is 18.5. The van der Waals surface area contributed by atoms with Crippen molar-refractivity contribution in [1.29, 1.82) is 0 Å². The summed E-state index contributed by atoms with van der Waals surface area (Å²) in [6.45, 7) is 1.41.